The minimum Gasteiger partial charge on any atom is -0.447 e. The lowest BCUT2D eigenvalue weighted by atomic mass is 9.62. The van der Waals surface area contributed by atoms with Gasteiger partial charge in [0.05, 0.1) is 6.10 Å². The first-order valence-electron chi connectivity index (χ1n) is 8.64. The van der Waals surface area contributed by atoms with Crippen LogP contribution in [0.25, 0.3) is 0 Å². The van der Waals surface area contributed by atoms with Gasteiger partial charge in [-0.05, 0) is 32.3 Å². The number of fused-ring (bicyclic) bond motifs is 2. The third-order valence-corrected chi connectivity index (χ3v) is 5.36. The summed E-state index contributed by atoms with van der Waals surface area (Å²) in [6.07, 6.45) is 3.12. The third-order valence-electron chi connectivity index (χ3n) is 5.36. The molecule has 2 bridgehead atoms. The first-order valence-corrected chi connectivity index (χ1v) is 8.64. The van der Waals surface area contributed by atoms with E-state index in [0.717, 1.165) is 12.8 Å². The lowest BCUT2D eigenvalue weighted by molar-refractivity contribution is -0.165. The second-order valence-corrected chi connectivity index (χ2v) is 7.03. The number of methoxy groups -OCH3 is 1. The number of likely N-dealkylation sites (tertiary alicyclic amines) is 1. The molecule has 0 spiro atoms. The molecule has 2 fully saturated rings. The summed E-state index contributed by atoms with van der Waals surface area (Å²) in [5.74, 6) is 0.643. The maximum atomic E-state index is 12.3. The van der Waals surface area contributed by atoms with Crippen molar-refractivity contribution in [2.75, 3.05) is 20.2 Å². The van der Waals surface area contributed by atoms with Gasteiger partial charge < -0.3 is 14.4 Å². The average Bonchev–Trinajstić information content (AvgIpc) is 2.53. The molecule has 1 aliphatic carbocycles. The molecule has 126 valence electrons. The zero-order valence-corrected chi connectivity index (χ0v) is 14.3. The van der Waals surface area contributed by atoms with Crippen LogP contribution in [0.5, 0.6) is 0 Å². The van der Waals surface area contributed by atoms with E-state index in [0.29, 0.717) is 24.9 Å². The Morgan fingerprint density at radius 2 is 1.78 bits per heavy atom. The van der Waals surface area contributed by atoms with E-state index in [1.54, 1.807) is 0 Å². The van der Waals surface area contributed by atoms with Crippen molar-refractivity contribution in [3.8, 4) is 0 Å². The smallest absolute Gasteiger partial charge is 0.410 e. The van der Waals surface area contributed by atoms with E-state index in [-0.39, 0.29) is 17.8 Å². The number of nitrogens with zero attached hydrogens (tertiary/aromatic N) is 1. The zero-order valence-electron chi connectivity index (χ0n) is 14.3. The second-order valence-electron chi connectivity index (χ2n) is 7.03. The summed E-state index contributed by atoms with van der Waals surface area (Å²) in [6, 6.07) is 10.5. The number of hydrogen-bond acceptors (Lipinski definition) is 3. The van der Waals surface area contributed by atoms with Crippen molar-refractivity contribution < 1.29 is 14.3 Å². The predicted molar refractivity (Wildman–Crippen MR) is 89.2 cm³/mol. The van der Waals surface area contributed by atoms with Crippen LogP contribution in [0.4, 0.5) is 4.79 Å². The monoisotopic (exact) mass is 317 g/mol. The molecule has 23 heavy (non-hydrogen) atoms. The van der Waals surface area contributed by atoms with E-state index in [1.165, 1.54) is 12.0 Å². The summed E-state index contributed by atoms with van der Waals surface area (Å²) < 4.78 is 11.6. The van der Waals surface area contributed by atoms with E-state index in [1.807, 2.05) is 31.9 Å². The van der Waals surface area contributed by atoms with Gasteiger partial charge in [-0.3, -0.25) is 0 Å². The number of carbonyl (C=O) groups excluding carboxylic acids is 1. The average molecular weight is 317 g/mol. The first kappa shape index (κ1) is 16.3. The van der Waals surface area contributed by atoms with Gasteiger partial charge in [0, 0.05) is 32.0 Å². The van der Waals surface area contributed by atoms with Crippen LogP contribution in [0.3, 0.4) is 0 Å². The van der Waals surface area contributed by atoms with Crippen LogP contribution in [0.1, 0.15) is 38.7 Å². The lowest BCUT2D eigenvalue weighted by Gasteiger charge is -2.55. The molecule has 3 atom stereocenters. The summed E-state index contributed by atoms with van der Waals surface area (Å²) in [5.41, 5.74) is 0.975. The van der Waals surface area contributed by atoms with Crippen molar-refractivity contribution in [1.29, 1.82) is 0 Å². The number of carbonyl (C=O) groups is 1. The number of hydrogen-bond donors (Lipinski definition) is 0. The molecule has 4 nitrogen and oxygen atoms in total. The Labute approximate surface area is 138 Å². The van der Waals surface area contributed by atoms with Crippen LogP contribution < -0.4 is 0 Å². The Hall–Kier alpha value is -1.55. The Morgan fingerprint density at radius 1 is 1.17 bits per heavy atom. The van der Waals surface area contributed by atoms with Crippen molar-refractivity contribution >= 4 is 6.09 Å². The number of amides is 1. The van der Waals surface area contributed by atoms with Crippen molar-refractivity contribution in [1.82, 2.24) is 4.90 Å². The quantitative estimate of drug-likeness (QED) is 0.851. The fraction of sp³-hybridized carbons (Fsp3) is 0.632. The molecular weight excluding hydrogens is 290 g/mol. The highest BCUT2D eigenvalue weighted by Gasteiger charge is 2.54. The molecule has 1 aromatic carbocycles. The van der Waals surface area contributed by atoms with Crippen molar-refractivity contribution in [2.45, 2.75) is 44.8 Å². The van der Waals surface area contributed by atoms with Crippen LogP contribution in [0, 0.1) is 11.8 Å². The summed E-state index contributed by atoms with van der Waals surface area (Å²) in [7, 11) is 1.82. The molecule has 4 heteroatoms. The molecule has 2 aliphatic rings. The van der Waals surface area contributed by atoms with Crippen molar-refractivity contribution in [3.63, 3.8) is 0 Å². The zero-order chi connectivity index (χ0) is 16.4. The van der Waals surface area contributed by atoms with E-state index in [4.69, 9.17) is 9.47 Å². The summed E-state index contributed by atoms with van der Waals surface area (Å²) in [4.78, 5) is 14.2. The third kappa shape index (κ3) is 2.85. The number of ether oxygens (including phenoxy) is 2. The molecule has 1 heterocycles. The fourth-order valence-electron chi connectivity index (χ4n) is 4.48. The standard InChI is InChI=1S/C19H27NO3/c1-14(2)23-18(21)20-12-16-10-7-11-17(13-20)19(16,22-3)15-8-5-4-6-9-15/h4-6,8-9,14,16-17H,7,10-13H2,1-3H3/t16-,17+,19?. The van der Waals surface area contributed by atoms with Crippen LogP contribution in [-0.4, -0.2) is 37.3 Å². The lowest BCUT2D eigenvalue weighted by Crippen LogP contribution is -2.60. The van der Waals surface area contributed by atoms with Gasteiger partial charge in [-0.2, -0.15) is 0 Å². The Bertz CT molecular complexity index is 529. The van der Waals surface area contributed by atoms with Crippen molar-refractivity contribution in [3.05, 3.63) is 35.9 Å². The van der Waals surface area contributed by atoms with Crippen LogP contribution in [0.2, 0.25) is 0 Å². The minimum atomic E-state index is -0.270. The molecule has 1 saturated heterocycles. The summed E-state index contributed by atoms with van der Waals surface area (Å²) >= 11 is 0. The van der Waals surface area contributed by atoms with Gasteiger partial charge in [0.15, 0.2) is 0 Å². The fourth-order valence-corrected chi connectivity index (χ4v) is 4.48. The highest BCUT2D eigenvalue weighted by molar-refractivity contribution is 5.68. The molecule has 1 aromatic rings. The van der Waals surface area contributed by atoms with Gasteiger partial charge in [0.2, 0.25) is 0 Å². The summed E-state index contributed by atoms with van der Waals surface area (Å²) in [5, 5.41) is 0. The number of piperidine rings is 1. The van der Waals surface area contributed by atoms with Crippen molar-refractivity contribution in [2.24, 2.45) is 11.8 Å². The first-order chi connectivity index (χ1) is 11.1. The van der Waals surface area contributed by atoms with E-state index >= 15 is 0 Å². The van der Waals surface area contributed by atoms with Gasteiger partial charge in [-0.1, -0.05) is 36.8 Å². The molecular formula is C19H27NO3. The van der Waals surface area contributed by atoms with Gasteiger partial charge >= 0.3 is 6.09 Å². The van der Waals surface area contributed by atoms with Gasteiger partial charge in [-0.25, -0.2) is 4.79 Å². The number of benzene rings is 1. The largest absolute Gasteiger partial charge is 0.447 e. The van der Waals surface area contributed by atoms with Gasteiger partial charge in [0.25, 0.3) is 0 Å². The molecule has 1 amide bonds. The van der Waals surface area contributed by atoms with Crippen LogP contribution in [-0.2, 0) is 15.1 Å². The Balaban J connectivity index is 1.89. The number of rotatable bonds is 3. The van der Waals surface area contributed by atoms with Gasteiger partial charge in [-0.15, -0.1) is 0 Å². The van der Waals surface area contributed by atoms with Crippen LogP contribution in [0.15, 0.2) is 30.3 Å². The predicted octanol–water partition coefficient (Wildman–Crippen LogP) is 3.81. The van der Waals surface area contributed by atoms with E-state index in [2.05, 4.69) is 24.3 Å². The normalized spacial score (nSPS) is 30.3. The SMILES string of the molecule is COC1(c2ccccc2)[C@@H]2CCC[C@H]1CN(C(=O)OC(C)C)C2. The second kappa shape index (κ2) is 6.52. The highest BCUT2D eigenvalue weighted by Crippen LogP contribution is 2.51. The van der Waals surface area contributed by atoms with E-state index < -0.39 is 0 Å². The highest BCUT2D eigenvalue weighted by atomic mass is 16.6. The molecule has 0 radical (unpaired) electrons. The van der Waals surface area contributed by atoms with E-state index in [9.17, 15) is 4.79 Å². The molecule has 0 N–H and O–H groups in total. The Kier molecular flexibility index (Phi) is 4.62. The minimum absolute atomic E-state index is 0.0782. The molecule has 1 unspecified atom stereocenters. The summed E-state index contributed by atoms with van der Waals surface area (Å²) in [6.45, 7) is 5.22. The molecule has 3 rings (SSSR count). The Morgan fingerprint density at radius 3 is 2.30 bits per heavy atom. The van der Waals surface area contributed by atoms with Gasteiger partial charge in [0.1, 0.15) is 5.60 Å². The molecule has 1 aliphatic heterocycles. The molecule has 1 saturated carbocycles. The molecule has 0 aromatic heterocycles. The maximum Gasteiger partial charge on any atom is 0.410 e. The van der Waals surface area contributed by atoms with Crippen LogP contribution >= 0.6 is 0 Å². The maximum absolute atomic E-state index is 12.3. The topological polar surface area (TPSA) is 38.8 Å².